The van der Waals surface area contributed by atoms with Crippen molar-refractivity contribution in [2.75, 3.05) is 13.2 Å². The van der Waals surface area contributed by atoms with Gasteiger partial charge in [-0.25, -0.2) is 9.78 Å². The molecular formula is C15H20BrN3O4. The Morgan fingerprint density at radius 3 is 2.91 bits per heavy atom. The van der Waals surface area contributed by atoms with E-state index in [1.165, 1.54) is 4.90 Å². The molecule has 1 aliphatic rings. The molecule has 1 aromatic rings. The Kier molecular flexibility index (Phi) is 5.46. The van der Waals surface area contributed by atoms with Crippen LogP contribution in [0.25, 0.3) is 0 Å². The summed E-state index contributed by atoms with van der Waals surface area (Å²) in [5.74, 6) is 0.631. The molecule has 0 aliphatic carbocycles. The maximum Gasteiger partial charge on any atom is 0.408 e. The Morgan fingerprint density at radius 2 is 2.30 bits per heavy atom. The fourth-order valence-electron chi connectivity index (χ4n) is 2.11. The van der Waals surface area contributed by atoms with Gasteiger partial charge in [-0.15, -0.1) is 0 Å². The molecule has 0 fully saturated rings. The highest BCUT2D eigenvalue weighted by Gasteiger charge is 2.31. The van der Waals surface area contributed by atoms with Gasteiger partial charge in [0.1, 0.15) is 11.2 Å². The third-order valence-corrected chi connectivity index (χ3v) is 3.92. The molecule has 2 rings (SSSR count). The first-order valence-corrected chi connectivity index (χ1v) is 8.02. The normalized spacial score (nSPS) is 17.4. The van der Waals surface area contributed by atoms with E-state index in [0.717, 1.165) is 0 Å². The van der Waals surface area contributed by atoms with E-state index < -0.39 is 11.6 Å². The second kappa shape index (κ2) is 7.16. The number of carbonyl (C=O) groups is 1. The van der Waals surface area contributed by atoms with Crippen LogP contribution in [0.1, 0.15) is 27.2 Å². The largest absolute Gasteiger partial charge is 0.487 e. The van der Waals surface area contributed by atoms with Gasteiger partial charge in [0.25, 0.3) is 0 Å². The van der Waals surface area contributed by atoms with Crippen molar-refractivity contribution in [3.8, 4) is 5.75 Å². The molecule has 126 valence electrons. The van der Waals surface area contributed by atoms with Crippen LogP contribution in [-0.4, -0.2) is 51.6 Å². The second-order valence-electron chi connectivity index (χ2n) is 6.23. The number of nitrogens with zero attached hydrogens (tertiary/aromatic N) is 3. The van der Waals surface area contributed by atoms with Gasteiger partial charge in [0.05, 0.1) is 12.3 Å². The minimum absolute atomic E-state index is 0.228. The summed E-state index contributed by atoms with van der Waals surface area (Å²) >= 11 is 3.31. The lowest BCUT2D eigenvalue weighted by Crippen LogP contribution is -2.47. The molecule has 0 saturated carbocycles. The van der Waals surface area contributed by atoms with E-state index in [4.69, 9.17) is 9.57 Å². The number of rotatable bonds is 5. The van der Waals surface area contributed by atoms with Crippen molar-refractivity contribution in [2.45, 2.75) is 38.8 Å². The lowest BCUT2D eigenvalue weighted by atomic mass is 10.1. The van der Waals surface area contributed by atoms with Crippen LogP contribution in [0.4, 0.5) is 4.79 Å². The molecular weight excluding hydrogens is 366 g/mol. The zero-order valence-electron chi connectivity index (χ0n) is 13.3. The number of hydrogen-bond donors (Lipinski definition) is 1. The van der Waals surface area contributed by atoms with Crippen LogP contribution >= 0.6 is 15.9 Å². The summed E-state index contributed by atoms with van der Waals surface area (Å²) in [6, 6.07) is 3.59. The summed E-state index contributed by atoms with van der Waals surface area (Å²) in [5, 5.41) is 13.3. The molecule has 0 spiro atoms. The molecule has 8 heteroatoms. The third kappa shape index (κ3) is 4.82. The van der Waals surface area contributed by atoms with E-state index in [0.29, 0.717) is 29.1 Å². The van der Waals surface area contributed by atoms with E-state index in [2.05, 4.69) is 26.1 Å². The zero-order valence-corrected chi connectivity index (χ0v) is 14.9. The Bertz CT molecular complexity index is 601. The summed E-state index contributed by atoms with van der Waals surface area (Å²) in [6.07, 6.45) is 1.00. The first-order valence-electron chi connectivity index (χ1n) is 7.23. The Morgan fingerprint density at radius 1 is 1.57 bits per heavy atom. The van der Waals surface area contributed by atoms with Crippen LogP contribution in [0, 0.1) is 0 Å². The summed E-state index contributed by atoms with van der Waals surface area (Å²) in [6.45, 7) is 6.08. The van der Waals surface area contributed by atoms with E-state index in [1.54, 1.807) is 18.3 Å². The molecule has 1 aromatic heterocycles. The molecule has 1 unspecified atom stereocenters. The predicted molar refractivity (Wildman–Crippen MR) is 88.8 cm³/mol. The third-order valence-electron chi connectivity index (χ3n) is 3.33. The number of halogens is 1. The number of amides is 1. The van der Waals surface area contributed by atoms with E-state index >= 15 is 0 Å². The lowest BCUT2D eigenvalue weighted by Gasteiger charge is -2.32. The van der Waals surface area contributed by atoms with Gasteiger partial charge in [-0.3, -0.25) is 4.90 Å². The standard InChI is InChI=1S/C15H20BrN3O4/c1-15(2,3)19(14(20)21)8-10-7-11(23-18-10)9-22-12-5-4-6-17-13(12)16/h4-6,11H,7-9H2,1-3H3,(H,20,21). The zero-order chi connectivity index (χ0) is 17.0. The molecule has 23 heavy (non-hydrogen) atoms. The monoisotopic (exact) mass is 385 g/mol. The molecule has 1 aliphatic heterocycles. The Labute approximate surface area is 143 Å². The highest BCUT2D eigenvalue weighted by atomic mass is 79.9. The number of aromatic nitrogens is 1. The average molecular weight is 386 g/mol. The summed E-state index contributed by atoms with van der Waals surface area (Å²) in [5.41, 5.74) is 0.199. The Hall–Kier alpha value is -1.83. The minimum atomic E-state index is -0.973. The summed E-state index contributed by atoms with van der Waals surface area (Å²) in [7, 11) is 0. The van der Waals surface area contributed by atoms with Crippen LogP contribution in [0.5, 0.6) is 5.75 Å². The summed E-state index contributed by atoms with van der Waals surface area (Å²) in [4.78, 5) is 22.1. The number of ether oxygens (including phenoxy) is 1. The molecule has 1 amide bonds. The predicted octanol–water partition coefficient (Wildman–Crippen LogP) is 3.15. The van der Waals surface area contributed by atoms with Gasteiger partial charge in [-0.2, -0.15) is 0 Å². The van der Waals surface area contributed by atoms with Crippen LogP contribution in [-0.2, 0) is 4.84 Å². The van der Waals surface area contributed by atoms with Gasteiger partial charge < -0.3 is 14.7 Å². The van der Waals surface area contributed by atoms with Crippen LogP contribution in [0.15, 0.2) is 28.1 Å². The molecule has 0 saturated heterocycles. The van der Waals surface area contributed by atoms with Crippen LogP contribution < -0.4 is 4.74 Å². The van der Waals surface area contributed by atoms with Gasteiger partial charge in [-0.05, 0) is 48.8 Å². The fraction of sp³-hybridized carbons (Fsp3) is 0.533. The first kappa shape index (κ1) is 17.5. The molecule has 0 aromatic carbocycles. The van der Waals surface area contributed by atoms with Crippen molar-refractivity contribution in [1.29, 1.82) is 0 Å². The van der Waals surface area contributed by atoms with Gasteiger partial charge in [0.15, 0.2) is 11.9 Å². The highest BCUT2D eigenvalue weighted by molar-refractivity contribution is 9.10. The Balaban J connectivity index is 1.86. The van der Waals surface area contributed by atoms with E-state index in [9.17, 15) is 9.90 Å². The lowest BCUT2D eigenvalue weighted by molar-refractivity contribution is 0.0467. The fourth-order valence-corrected chi connectivity index (χ4v) is 2.47. The van der Waals surface area contributed by atoms with Crippen molar-refractivity contribution >= 4 is 27.7 Å². The minimum Gasteiger partial charge on any atom is -0.487 e. The topological polar surface area (TPSA) is 84.3 Å². The molecule has 1 atom stereocenters. The van der Waals surface area contributed by atoms with Crippen LogP contribution in [0.3, 0.4) is 0 Å². The van der Waals surface area contributed by atoms with Crippen molar-refractivity contribution in [3.63, 3.8) is 0 Å². The van der Waals surface area contributed by atoms with Crippen molar-refractivity contribution in [2.24, 2.45) is 5.16 Å². The quantitative estimate of drug-likeness (QED) is 0.786. The molecule has 0 radical (unpaired) electrons. The number of pyridine rings is 1. The number of hydrogen-bond acceptors (Lipinski definition) is 5. The number of carboxylic acid groups (broad SMARTS) is 1. The number of oxime groups is 1. The average Bonchev–Trinajstić information content (AvgIpc) is 2.90. The van der Waals surface area contributed by atoms with E-state index in [-0.39, 0.29) is 12.6 Å². The van der Waals surface area contributed by atoms with Gasteiger partial charge in [-0.1, -0.05) is 5.16 Å². The van der Waals surface area contributed by atoms with Crippen LogP contribution in [0.2, 0.25) is 0 Å². The SMILES string of the molecule is CC(C)(C)N(CC1=NOC(COc2cccnc2Br)C1)C(=O)O. The van der Waals surface area contributed by atoms with Gasteiger partial charge >= 0.3 is 6.09 Å². The first-order chi connectivity index (χ1) is 10.8. The van der Waals surface area contributed by atoms with E-state index in [1.807, 2.05) is 20.8 Å². The second-order valence-corrected chi connectivity index (χ2v) is 6.98. The maximum atomic E-state index is 11.4. The molecule has 2 heterocycles. The van der Waals surface area contributed by atoms with Crippen molar-refractivity contribution < 1.29 is 19.5 Å². The van der Waals surface area contributed by atoms with Gasteiger partial charge in [0, 0.05) is 18.2 Å². The highest BCUT2D eigenvalue weighted by Crippen LogP contribution is 2.23. The van der Waals surface area contributed by atoms with Crippen molar-refractivity contribution in [3.05, 3.63) is 22.9 Å². The smallest absolute Gasteiger partial charge is 0.408 e. The molecule has 1 N–H and O–H groups in total. The summed E-state index contributed by atoms with van der Waals surface area (Å²) < 4.78 is 6.28. The van der Waals surface area contributed by atoms with Gasteiger partial charge in [0.2, 0.25) is 0 Å². The van der Waals surface area contributed by atoms with Crippen molar-refractivity contribution in [1.82, 2.24) is 9.88 Å². The molecule has 7 nitrogen and oxygen atoms in total. The maximum absolute atomic E-state index is 11.4. The molecule has 0 bridgehead atoms.